The first-order valence-electron chi connectivity index (χ1n) is 10.7. The molecule has 2 aromatic rings. The smallest absolute Gasteiger partial charge is 0.238 e. The molecule has 1 amide bonds. The van der Waals surface area contributed by atoms with Gasteiger partial charge < -0.3 is 25.8 Å². The van der Waals surface area contributed by atoms with Crippen molar-refractivity contribution in [3.8, 4) is 0 Å². The minimum absolute atomic E-state index is 0.0262. The molecular weight excluding hydrogens is 388 g/mol. The van der Waals surface area contributed by atoms with Crippen molar-refractivity contribution in [3.05, 3.63) is 59.7 Å². The Bertz CT molecular complexity index is 865. The standard InChI is InChI=1S/C24H36N6O/c1-6-30(22-12-7-9-19(2)15-22)14-13-26-24(25-3)27-17-20-10-8-11-21(16-20)28-23(31)18-29(4)5/h7-12,15-16H,6,13-14,17-18H2,1-5H3,(H,28,31)(H2,25,26,27). The highest BCUT2D eigenvalue weighted by Gasteiger charge is 2.06. The molecule has 0 aliphatic rings. The predicted molar refractivity (Wildman–Crippen MR) is 131 cm³/mol. The van der Waals surface area contributed by atoms with Gasteiger partial charge >= 0.3 is 0 Å². The Morgan fingerprint density at radius 2 is 1.84 bits per heavy atom. The van der Waals surface area contributed by atoms with Crippen LogP contribution in [0, 0.1) is 6.92 Å². The van der Waals surface area contributed by atoms with Crippen LogP contribution in [0.4, 0.5) is 11.4 Å². The van der Waals surface area contributed by atoms with Crippen LogP contribution in [0.25, 0.3) is 0 Å². The van der Waals surface area contributed by atoms with Crippen molar-refractivity contribution < 1.29 is 4.79 Å². The molecule has 0 saturated heterocycles. The summed E-state index contributed by atoms with van der Waals surface area (Å²) in [5, 5.41) is 9.65. The zero-order chi connectivity index (χ0) is 22.6. The fraction of sp³-hybridized carbons (Fsp3) is 0.417. The molecule has 0 radical (unpaired) electrons. The van der Waals surface area contributed by atoms with Crippen LogP contribution < -0.4 is 20.9 Å². The van der Waals surface area contributed by atoms with Gasteiger partial charge in [0.25, 0.3) is 0 Å². The maximum absolute atomic E-state index is 12.0. The van der Waals surface area contributed by atoms with Crippen molar-refractivity contribution in [1.29, 1.82) is 0 Å². The number of amides is 1. The van der Waals surface area contributed by atoms with Gasteiger partial charge in [-0.05, 0) is 63.3 Å². The first-order valence-corrected chi connectivity index (χ1v) is 10.7. The number of rotatable bonds is 10. The maximum Gasteiger partial charge on any atom is 0.238 e. The van der Waals surface area contributed by atoms with Crippen molar-refractivity contribution in [2.75, 3.05) is 57.5 Å². The van der Waals surface area contributed by atoms with Gasteiger partial charge in [-0.3, -0.25) is 9.79 Å². The highest BCUT2D eigenvalue weighted by molar-refractivity contribution is 5.92. The first kappa shape index (κ1) is 24.2. The number of hydrogen-bond acceptors (Lipinski definition) is 4. The summed E-state index contributed by atoms with van der Waals surface area (Å²) in [5.41, 5.74) is 4.37. The van der Waals surface area contributed by atoms with Crippen LogP contribution >= 0.6 is 0 Å². The van der Waals surface area contributed by atoms with Gasteiger partial charge in [0, 0.05) is 44.6 Å². The Balaban J connectivity index is 1.83. The van der Waals surface area contributed by atoms with E-state index < -0.39 is 0 Å². The molecule has 0 unspecified atom stereocenters. The lowest BCUT2D eigenvalue weighted by Gasteiger charge is -2.24. The molecule has 2 aromatic carbocycles. The minimum atomic E-state index is -0.0262. The summed E-state index contributed by atoms with van der Waals surface area (Å²) in [6, 6.07) is 16.4. The molecule has 0 bridgehead atoms. The summed E-state index contributed by atoms with van der Waals surface area (Å²) < 4.78 is 0. The van der Waals surface area contributed by atoms with Crippen LogP contribution in [0.5, 0.6) is 0 Å². The third-order valence-electron chi connectivity index (χ3n) is 4.78. The number of guanidine groups is 1. The van der Waals surface area contributed by atoms with Gasteiger partial charge in [0.15, 0.2) is 5.96 Å². The van der Waals surface area contributed by atoms with Crippen molar-refractivity contribution in [1.82, 2.24) is 15.5 Å². The fourth-order valence-electron chi connectivity index (χ4n) is 3.26. The lowest BCUT2D eigenvalue weighted by atomic mass is 10.2. The van der Waals surface area contributed by atoms with Crippen molar-refractivity contribution in [2.45, 2.75) is 20.4 Å². The van der Waals surface area contributed by atoms with Crippen LogP contribution in [-0.4, -0.2) is 64.1 Å². The molecule has 0 atom stereocenters. The number of carbonyl (C=O) groups is 1. The van der Waals surface area contributed by atoms with Crippen LogP contribution in [-0.2, 0) is 11.3 Å². The second-order valence-corrected chi connectivity index (χ2v) is 7.76. The molecule has 168 valence electrons. The second kappa shape index (κ2) is 12.6. The Morgan fingerprint density at radius 3 is 2.52 bits per heavy atom. The van der Waals surface area contributed by atoms with E-state index in [1.165, 1.54) is 11.3 Å². The largest absolute Gasteiger partial charge is 0.370 e. The predicted octanol–water partition coefficient (Wildman–Crippen LogP) is 2.69. The SMILES string of the molecule is CCN(CCNC(=NC)NCc1cccc(NC(=O)CN(C)C)c1)c1cccc(C)c1. The van der Waals surface area contributed by atoms with Gasteiger partial charge in [0.2, 0.25) is 5.91 Å². The molecule has 2 rings (SSSR count). The first-order chi connectivity index (χ1) is 14.9. The molecule has 0 spiro atoms. The Labute approximate surface area is 186 Å². The molecule has 0 saturated carbocycles. The molecule has 7 heteroatoms. The summed E-state index contributed by atoms with van der Waals surface area (Å²) in [5.74, 6) is 0.726. The molecule has 0 aromatic heterocycles. The highest BCUT2D eigenvalue weighted by atomic mass is 16.2. The van der Waals surface area contributed by atoms with Gasteiger partial charge in [0.1, 0.15) is 0 Å². The lowest BCUT2D eigenvalue weighted by molar-refractivity contribution is -0.116. The van der Waals surface area contributed by atoms with Gasteiger partial charge in [-0.2, -0.15) is 0 Å². The topological polar surface area (TPSA) is 72.0 Å². The molecule has 7 nitrogen and oxygen atoms in total. The number of carbonyl (C=O) groups excluding carboxylic acids is 1. The van der Waals surface area contributed by atoms with E-state index in [0.29, 0.717) is 13.1 Å². The molecule has 0 aliphatic carbocycles. The lowest BCUT2D eigenvalue weighted by Crippen LogP contribution is -2.41. The van der Waals surface area contributed by atoms with Gasteiger partial charge in [0.05, 0.1) is 6.54 Å². The third kappa shape index (κ3) is 8.68. The minimum Gasteiger partial charge on any atom is -0.370 e. The maximum atomic E-state index is 12.0. The summed E-state index contributed by atoms with van der Waals surface area (Å²) in [7, 11) is 5.52. The van der Waals surface area contributed by atoms with Gasteiger partial charge in [-0.1, -0.05) is 24.3 Å². The van der Waals surface area contributed by atoms with E-state index in [2.05, 4.69) is 64.0 Å². The quantitative estimate of drug-likeness (QED) is 0.404. The van der Waals surface area contributed by atoms with Crippen LogP contribution in [0.15, 0.2) is 53.5 Å². The van der Waals surface area contributed by atoms with E-state index in [9.17, 15) is 4.79 Å². The number of nitrogens with one attached hydrogen (secondary N) is 3. The zero-order valence-corrected chi connectivity index (χ0v) is 19.4. The number of benzene rings is 2. The monoisotopic (exact) mass is 424 g/mol. The Morgan fingerprint density at radius 1 is 1.06 bits per heavy atom. The summed E-state index contributed by atoms with van der Waals surface area (Å²) in [4.78, 5) is 20.5. The highest BCUT2D eigenvalue weighted by Crippen LogP contribution is 2.15. The molecular formula is C24H36N6O. The average Bonchev–Trinajstić information content (AvgIpc) is 2.73. The van der Waals surface area contributed by atoms with Crippen LogP contribution in [0.1, 0.15) is 18.1 Å². The number of likely N-dealkylation sites (N-methyl/N-ethyl adjacent to an activating group) is 2. The number of hydrogen-bond donors (Lipinski definition) is 3. The molecule has 0 aliphatic heterocycles. The Hall–Kier alpha value is -3.06. The van der Waals surface area contributed by atoms with Crippen LogP contribution in [0.3, 0.4) is 0 Å². The Kier molecular flexibility index (Phi) is 9.84. The number of aliphatic imine (C=N–C) groups is 1. The van der Waals surface area contributed by atoms with E-state index in [-0.39, 0.29) is 5.91 Å². The number of aryl methyl sites for hydroxylation is 1. The normalized spacial score (nSPS) is 11.4. The molecule has 0 fully saturated rings. The van der Waals surface area contributed by atoms with E-state index in [1.807, 2.05) is 43.3 Å². The summed E-state index contributed by atoms with van der Waals surface area (Å²) in [6.45, 7) is 7.87. The summed E-state index contributed by atoms with van der Waals surface area (Å²) in [6.07, 6.45) is 0. The van der Waals surface area contributed by atoms with E-state index >= 15 is 0 Å². The van der Waals surface area contributed by atoms with E-state index in [4.69, 9.17) is 0 Å². The average molecular weight is 425 g/mol. The number of anilines is 2. The molecule has 0 heterocycles. The van der Waals surface area contributed by atoms with Crippen molar-refractivity contribution >= 4 is 23.2 Å². The van der Waals surface area contributed by atoms with Gasteiger partial charge in [-0.15, -0.1) is 0 Å². The number of nitrogens with zero attached hydrogens (tertiary/aromatic N) is 3. The fourth-order valence-corrected chi connectivity index (χ4v) is 3.26. The van der Waals surface area contributed by atoms with Crippen molar-refractivity contribution in [2.24, 2.45) is 4.99 Å². The zero-order valence-electron chi connectivity index (χ0n) is 19.4. The van der Waals surface area contributed by atoms with Gasteiger partial charge in [-0.25, -0.2) is 0 Å². The van der Waals surface area contributed by atoms with Crippen LogP contribution in [0.2, 0.25) is 0 Å². The van der Waals surface area contributed by atoms with E-state index in [1.54, 1.807) is 7.05 Å². The van der Waals surface area contributed by atoms with E-state index in [0.717, 1.165) is 36.8 Å². The van der Waals surface area contributed by atoms with Crippen molar-refractivity contribution in [3.63, 3.8) is 0 Å². The summed E-state index contributed by atoms with van der Waals surface area (Å²) >= 11 is 0. The second-order valence-electron chi connectivity index (χ2n) is 7.76. The molecule has 3 N–H and O–H groups in total. The molecule has 31 heavy (non-hydrogen) atoms. The third-order valence-corrected chi connectivity index (χ3v) is 4.78.